The molecule has 0 unspecified atom stereocenters. The van der Waals surface area contributed by atoms with Crippen LogP contribution < -0.4 is 0 Å². The molecule has 0 N–H and O–H groups in total. The van der Waals surface area contributed by atoms with E-state index in [2.05, 4.69) is 12.1 Å². The van der Waals surface area contributed by atoms with Gasteiger partial charge in [0.05, 0.1) is 24.7 Å². The molecule has 2 aliphatic rings. The zero-order valence-corrected chi connectivity index (χ0v) is 14.1. The normalized spacial score (nSPS) is 22.5. The number of piperidine rings is 1. The molecule has 2 fully saturated rings. The average Bonchev–Trinajstić information content (AvgIpc) is 3.22. The molecular formula is C19H19N3O3. The second-order valence-electron chi connectivity index (χ2n) is 6.54. The lowest BCUT2D eigenvalue weighted by Crippen LogP contribution is -2.41. The highest BCUT2D eigenvalue weighted by molar-refractivity contribution is 6.02. The highest BCUT2D eigenvalue weighted by atomic mass is 16.6. The van der Waals surface area contributed by atoms with Gasteiger partial charge in [-0.25, -0.2) is 4.79 Å². The summed E-state index contributed by atoms with van der Waals surface area (Å²) in [5.41, 5.74) is -1.46. The third-order valence-electron chi connectivity index (χ3n) is 5.54. The number of ether oxygens (including phenoxy) is 1. The van der Waals surface area contributed by atoms with E-state index in [1.165, 1.54) is 0 Å². The number of benzene rings is 1. The first-order valence-corrected chi connectivity index (χ1v) is 8.40. The maximum Gasteiger partial charge on any atom is 0.409 e. The number of nitrogens with zero attached hydrogens (tertiary/aromatic N) is 3. The SMILES string of the molecule is CCOC(=O)N1CCC2(CC1)[C@H](C(=O)c1ccccc1)C2(C#N)C#N. The van der Waals surface area contributed by atoms with E-state index in [0.29, 0.717) is 38.1 Å². The summed E-state index contributed by atoms with van der Waals surface area (Å²) in [5.74, 6) is -0.796. The molecule has 1 aromatic rings. The molecule has 0 bridgehead atoms. The lowest BCUT2D eigenvalue weighted by Gasteiger charge is -2.32. The standard InChI is InChI=1S/C19H19N3O3/c1-2-25-17(24)22-10-8-18(9-11-22)16(19(18,12-20)13-21)15(23)14-6-4-3-5-7-14/h3-7,16H,2,8-11H2,1H3/t16-/m0/s1. The second kappa shape index (κ2) is 6.22. The van der Waals surface area contributed by atoms with Crippen molar-refractivity contribution in [2.24, 2.45) is 16.7 Å². The third-order valence-corrected chi connectivity index (χ3v) is 5.54. The summed E-state index contributed by atoms with van der Waals surface area (Å²) < 4.78 is 5.01. The molecule has 1 saturated carbocycles. The largest absolute Gasteiger partial charge is 0.450 e. The molecule has 0 radical (unpaired) electrons. The molecule has 6 heteroatoms. The smallest absolute Gasteiger partial charge is 0.409 e. The van der Waals surface area contributed by atoms with Gasteiger partial charge in [-0.3, -0.25) is 4.79 Å². The van der Waals surface area contributed by atoms with E-state index < -0.39 is 16.7 Å². The molecule has 1 spiro atoms. The first kappa shape index (κ1) is 17.0. The van der Waals surface area contributed by atoms with Gasteiger partial charge in [0.25, 0.3) is 0 Å². The van der Waals surface area contributed by atoms with E-state index in [-0.39, 0.29) is 11.9 Å². The number of nitriles is 2. The van der Waals surface area contributed by atoms with E-state index in [1.807, 2.05) is 6.07 Å². The molecule has 1 aromatic carbocycles. The van der Waals surface area contributed by atoms with Crippen LogP contribution in [-0.2, 0) is 4.74 Å². The molecule has 1 amide bonds. The van der Waals surface area contributed by atoms with Gasteiger partial charge in [-0.2, -0.15) is 10.5 Å². The van der Waals surface area contributed by atoms with Crippen LogP contribution in [-0.4, -0.2) is 36.5 Å². The van der Waals surface area contributed by atoms with Gasteiger partial charge < -0.3 is 9.64 Å². The number of rotatable bonds is 3. The Bertz CT molecular complexity index is 753. The molecule has 6 nitrogen and oxygen atoms in total. The van der Waals surface area contributed by atoms with Gasteiger partial charge in [-0.05, 0) is 19.8 Å². The predicted molar refractivity (Wildman–Crippen MR) is 88.2 cm³/mol. The molecule has 1 atom stereocenters. The van der Waals surface area contributed by atoms with Crippen molar-refractivity contribution in [1.82, 2.24) is 4.90 Å². The fourth-order valence-electron chi connectivity index (χ4n) is 4.17. The maximum atomic E-state index is 12.9. The number of amides is 1. The summed E-state index contributed by atoms with van der Waals surface area (Å²) in [6.45, 7) is 2.83. The maximum absolute atomic E-state index is 12.9. The third kappa shape index (κ3) is 2.37. The van der Waals surface area contributed by atoms with Gasteiger partial charge >= 0.3 is 6.09 Å². The summed E-state index contributed by atoms with van der Waals surface area (Å²) in [4.78, 5) is 26.4. The van der Waals surface area contributed by atoms with Crippen molar-refractivity contribution in [1.29, 1.82) is 10.5 Å². The fraction of sp³-hybridized carbons (Fsp3) is 0.474. The minimum Gasteiger partial charge on any atom is -0.450 e. The minimum atomic E-state index is -1.30. The van der Waals surface area contributed by atoms with E-state index in [4.69, 9.17) is 4.74 Å². The molecule has 1 aliphatic heterocycles. The van der Waals surface area contributed by atoms with Crippen LogP contribution in [0, 0.1) is 39.4 Å². The highest BCUT2D eigenvalue weighted by Gasteiger charge is 2.80. The lowest BCUT2D eigenvalue weighted by molar-refractivity contribution is 0.0812. The molecule has 1 aliphatic carbocycles. The number of likely N-dealkylation sites (tertiary alicyclic amines) is 1. The Morgan fingerprint density at radius 2 is 1.80 bits per heavy atom. The van der Waals surface area contributed by atoms with Crippen molar-refractivity contribution in [3.05, 3.63) is 35.9 Å². The topological polar surface area (TPSA) is 94.2 Å². The second-order valence-corrected chi connectivity index (χ2v) is 6.54. The van der Waals surface area contributed by atoms with Crippen LogP contribution in [0.15, 0.2) is 30.3 Å². The first-order valence-electron chi connectivity index (χ1n) is 8.40. The Balaban J connectivity index is 1.84. The van der Waals surface area contributed by atoms with E-state index in [9.17, 15) is 20.1 Å². The Labute approximate surface area is 146 Å². The number of hydrogen-bond donors (Lipinski definition) is 0. The summed E-state index contributed by atoms with van der Waals surface area (Å²) in [6.07, 6.45) is 0.523. The summed E-state index contributed by atoms with van der Waals surface area (Å²) in [6, 6.07) is 13.0. The first-order chi connectivity index (χ1) is 12.1. The molecule has 3 rings (SSSR count). The number of Topliss-reactive ketones (excluding diaryl/α,β-unsaturated/α-hetero) is 1. The van der Waals surface area contributed by atoms with Crippen molar-refractivity contribution in [3.8, 4) is 12.1 Å². The number of ketones is 1. The van der Waals surface area contributed by atoms with Crippen molar-refractivity contribution >= 4 is 11.9 Å². The van der Waals surface area contributed by atoms with Crippen LogP contribution in [0.5, 0.6) is 0 Å². The van der Waals surface area contributed by atoms with Crippen molar-refractivity contribution < 1.29 is 14.3 Å². The van der Waals surface area contributed by atoms with Crippen LogP contribution in [0.4, 0.5) is 4.79 Å². The monoisotopic (exact) mass is 337 g/mol. The fourth-order valence-corrected chi connectivity index (χ4v) is 4.17. The van der Waals surface area contributed by atoms with Crippen LogP contribution in [0.1, 0.15) is 30.1 Å². The molecule has 128 valence electrons. The number of hydrogen-bond acceptors (Lipinski definition) is 5. The van der Waals surface area contributed by atoms with Gasteiger partial charge in [-0.1, -0.05) is 30.3 Å². The van der Waals surface area contributed by atoms with Gasteiger partial charge in [0.15, 0.2) is 11.2 Å². The van der Waals surface area contributed by atoms with Crippen molar-refractivity contribution in [2.75, 3.05) is 19.7 Å². The zero-order chi connectivity index (χ0) is 18.1. The molecule has 25 heavy (non-hydrogen) atoms. The Hall–Kier alpha value is -2.86. The zero-order valence-electron chi connectivity index (χ0n) is 14.1. The van der Waals surface area contributed by atoms with Crippen LogP contribution in [0.25, 0.3) is 0 Å². The van der Waals surface area contributed by atoms with Gasteiger partial charge in [0, 0.05) is 24.1 Å². The van der Waals surface area contributed by atoms with Crippen LogP contribution >= 0.6 is 0 Å². The Morgan fingerprint density at radius 3 is 2.32 bits per heavy atom. The van der Waals surface area contributed by atoms with Crippen LogP contribution in [0.2, 0.25) is 0 Å². The number of carbonyl (C=O) groups is 2. The van der Waals surface area contributed by atoms with E-state index >= 15 is 0 Å². The summed E-state index contributed by atoms with van der Waals surface area (Å²) >= 11 is 0. The van der Waals surface area contributed by atoms with Crippen LogP contribution in [0.3, 0.4) is 0 Å². The Morgan fingerprint density at radius 1 is 1.20 bits per heavy atom. The van der Waals surface area contributed by atoms with E-state index in [0.717, 1.165) is 0 Å². The number of carbonyl (C=O) groups excluding carboxylic acids is 2. The molecule has 1 heterocycles. The molecule has 0 aromatic heterocycles. The van der Waals surface area contributed by atoms with Gasteiger partial charge in [-0.15, -0.1) is 0 Å². The van der Waals surface area contributed by atoms with Crippen molar-refractivity contribution in [2.45, 2.75) is 19.8 Å². The lowest BCUT2D eigenvalue weighted by atomic mass is 9.85. The van der Waals surface area contributed by atoms with Gasteiger partial charge in [0.2, 0.25) is 0 Å². The van der Waals surface area contributed by atoms with Gasteiger partial charge in [0.1, 0.15) is 0 Å². The average molecular weight is 337 g/mol. The quantitative estimate of drug-likeness (QED) is 0.790. The summed E-state index contributed by atoms with van der Waals surface area (Å²) in [5, 5.41) is 19.3. The molecule has 1 saturated heterocycles. The van der Waals surface area contributed by atoms with Crippen molar-refractivity contribution in [3.63, 3.8) is 0 Å². The predicted octanol–water partition coefficient (Wildman–Crippen LogP) is 2.77. The summed E-state index contributed by atoms with van der Waals surface area (Å²) in [7, 11) is 0. The van der Waals surface area contributed by atoms with E-state index in [1.54, 1.807) is 36.1 Å². The molecular weight excluding hydrogens is 318 g/mol. The Kier molecular flexibility index (Phi) is 4.22. The minimum absolute atomic E-state index is 0.159. The highest BCUT2D eigenvalue weighted by Crippen LogP contribution is 2.74.